The van der Waals surface area contributed by atoms with Gasteiger partial charge in [0.25, 0.3) is 0 Å². The Labute approximate surface area is 303 Å². The summed E-state index contributed by atoms with van der Waals surface area (Å²) in [5.41, 5.74) is 5.75. The molecule has 4 aromatic rings. The zero-order valence-corrected chi connectivity index (χ0v) is 31.2. The van der Waals surface area contributed by atoms with E-state index in [9.17, 15) is 10.2 Å². The maximum Gasteiger partial charge on any atom is 0.203 e. The standard InChI is InChI=1S/C40H46O12/c1-19-11-23-24(17-26(41)36(42)35(23)38(52-19)22-15-31(47-7)40(50-10)32(16-22)48-8)33-25-12-20(2)51-37(34(25)28(44-4)18-27(33)43-3)21-13-29(45-5)39(49-9)30(14-21)46-6/h13-20,37-38,41-42H,11-12H2,1-10H3/t19-,20-,37+,38-/m0/s1. The molecule has 12 heteroatoms. The van der Waals surface area contributed by atoms with E-state index in [1.165, 1.54) is 21.3 Å². The maximum absolute atomic E-state index is 11.6. The number of aromatic hydroxyl groups is 2. The summed E-state index contributed by atoms with van der Waals surface area (Å²) in [5, 5.41) is 23.0. The molecule has 0 unspecified atom stereocenters. The number of hydrogen-bond donors (Lipinski definition) is 2. The second kappa shape index (κ2) is 14.8. The summed E-state index contributed by atoms with van der Waals surface area (Å²) >= 11 is 0. The summed E-state index contributed by atoms with van der Waals surface area (Å²) < 4.78 is 59.1. The maximum atomic E-state index is 11.6. The van der Waals surface area contributed by atoms with Crippen LogP contribution in [0.2, 0.25) is 0 Å². The van der Waals surface area contributed by atoms with Gasteiger partial charge < -0.3 is 57.6 Å². The van der Waals surface area contributed by atoms with Crippen LogP contribution in [0, 0.1) is 0 Å². The highest BCUT2D eigenvalue weighted by atomic mass is 16.5. The molecule has 4 atom stereocenters. The number of ether oxygens (including phenoxy) is 10. The summed E-state index contributed by atoms with van der Waals surface area (Å²) in [6.45, 7) is 3.97. The third kappa shape index (κ3) is 6.09. The quantitative estimate of drug-likeness (QED) is 0.156. The van der Waals surface area contributed by atoms with Gasteiger partial charge in [-0.25, -0.2) is 0 Å². The van der Waals surface area contributed by atoms with Gasteiger partial charge in [0.2, 0.25) is 11.5 Å². The summed E-state index contributed by atoms with van der Waals surface area (Å²) in [6.07, 6.45) is -1.00. The van der Waals surface area contributed by atoms with Crippen LogP contribution in [-0.2, 0) is 22.3 Å². The molecule has 2 N–H and O–H groups in total. The van der Waals surface area contributed by atoms with Gasteiger partial charge in [0.1, 0.15) is 23.7 Å². The molecule has 0 aliphatic carbocycles. The first kappa shape index (κ1) is 36.6. The van der Waals surface area contributed by atoms with E-state index >= 15 is 0 Å². The Hall–Kier alpha value is -5.20. The van der Waals surface area contributed by atoms with E-state index in [2.05, 4.69) is 0 Å². The molecule has 4 aromatic carbocycles. The van der Waals surface area contributed by atoms with E-state index in [1.807, 2.05) is 32.0 Å². The lowest BCUT2D eigenvalue weighted by Gasteiger charge is -2.37. The van der Waals surface area contributed by atoms with Gasteiger partial charge in [-0.2, -0.15) is 0 Å². The Morgan fingerprint density at radius 2 is 0.923 bits per heavy atom. The molecule has 0 aromatic heterocycles. The number of rotatable bonds is 11. The second-order valence-electron chi connectivity index (χ2n) is 12.7. The number of phenolic OH excluding ortho intramolecular Hbond substituents is 2. The lowest BCUT2D eigenvalue weighted by Crippen LogP contribution is -2.27. The van der Waals surface area contributed by atoms with Crippen molar-refractivity contribution in [2.24, 2.45) is 0 Å². The van der Waals surface area contributed by atoms with Gasteiger partial charge in [0, 0.05) is 22.8 Å². The second-order valence-corrected chi connectivity index (χ2v) is 12.7. The van der Waals surface area contributed by atoms with Crippen molar-refractivity contribution in [1.82, 2.24) is 0 Å². The molecular formula is C40H46O12. The number of fused-ring (bicyclic) bond motifs is 2. The molecule has 2 aliphatic heterocycles. The number of methoxy groups -OCH3 is 8. The largest absolute Gasteiger partial charge is 0.504 e. The number of phenols is 2. The van der Waals surface area contributed by atoms with Crippen LogP contribution in [0.4, 0.5) is 0 Å². The van der Waals surface area contributed by atoms with Gasteiger partial charge >= 0.3 is 0 Å². The van der Waals surface area contributed by atoms with E-state index < -0.39 is 12.2 Å². The molecular weight excluding hydrogens is 672 g/mol. The highest BCUT2D eigenvalue weighted by Gasteiger charge is 2.39. The van der Waals surface area contributed by atoms with Crippen LogP contribution in [0.5, 0.6) is 57.5 Å². The van der Waals surface area contributed by atoms with Crippen molar-refractivity contribution < 1.29 is 57.6 Å². The first-order valence-corrected chi connectivity index (χ1v) is 16.8. The van der Waals surface area contributed by atoms with Crippen molar-refractivity contribution in [1.29, 1.82) is 0 Å². The fourth-order valence-corrected chi connectivity index (χ4v) is 7.54. The third-order valence-corrected chi connectivity index (χ3v) is 9.76. The van der Waals surface area contributed by atoms with Crippen molar-refractivity contribution in [3.05, 3.63) is 69.8 Å². The zero-order chi connectivity index (χ0) is 37.4. The first-order valence-electron chi connectivity index (χ1n) is 16.8. The minimum atomic E-state index is -0.799. The molecule has 52 heavy (non-hydrogen) atoms. The summed E-state index contributed by atoms with van der Waals surface area (Å²) in [7, 11) is 12.5. The third-order valence-electron chi connectivity index (χ3n) is 9.76. The summed E-state index contributed by atoms with van der Waals surface area (Å²) in [5.74, 6) is 3.21. The van der Waals surface area contributed by atoms with Crippen molar-refractivity contribution in [3.63, 3.8) is 0 Å². The van der Waals surface area contributed by atoms with Crippen LogP contribution >= 0.6 is 0 Å². The molecule has 0 spiro atoms. The van der Waals surface area contributed by atoms with Crippen LogP contribution < -0.4 is 37.9 Å². The monoisotopic (exact) mass is 718 g/mol. The van der Waals surface area contributed by atoms with E-state index in [0.717, 1.165) is 27.8 Å². The highest BCUT2D eigenvalue weighted by Crippen LogP contribution is 2.55. The Morgan fingerprint density at radius 1 is 0.500 bits per heavy atom. The lowest BCUT2D eigenvalue weighted by molar-refractivity contribution is 0.00498. The fourth-order valence-electron chi connectivity index (χ4n) is 7.54. The van der Waals surface area contributed by atoms with Gasteiger partial charge in [-0.3, -0.25) is 0 Å². The van der Waals surface area contributed by atoms with E-state index in [0.29, 0.717) is 75.5 Å². The molecule has 0 saturated heterocycles. The number of hydrogen-bond acceptors (Lipinski definition) is 12. The predicted molar refractivity (Wildman–Crippen MR) is 193 cm³/mol. The molecule has 0 amide bonds. The van der Waals surface area contributed by atoms with Gasteiger partial charge in [-0.05, 0) is 84.8 Å². The molecule has 12 nitrogen and oxygen atoms in total. The molecule has 0 fully saturated rings. The topological polar surface area (TPSA) is 133 Å². The van der Waals surface area contributed by atoms with Crippen molar-refractivity contribution in [2.75, 3.05) is 56.9 Å². The molecule has 0 saturated carbocycles. The molecule has 278 valence electrons. The van der Waals surface area contributed by atoms with Crippen LogP contribution in [0.3, 0.4) is 0 Å². The van der Waals surface area contributed by atoms with E-state index in [1.54, 1.807) is 53.7 Å². The normalized spacial score (nSPS) is 19.2. The molecule has 2 aliphatic rings. The average molecular weight is 719 g/mol. The van der Waals surface area contributed by atoms with Gasteiger partial charge in [0.15, 0.2) is 34.5 Å². The van der Waals surface area contributed by atoms with Crippen LogP contribution in [-0.4, -0.2) is 79.3 Å². The van der Waals surface area contributed by atoms with Crippen LogP contribution in [0.1, 0.15) is 59.4 Å². The van der Waals surface area contributed by atoms with Crippen molar-refractivity contribution in [3.8, 4) is 68.6 Å². The van der Waals surface area contributed by atoms with Gasteiger partial charge in [-0.1, -0.05) is 0 Å². The minimum absolute atomic E-state index is 0.247. The Bertz CT molecular complexity index is 1920. The average Bonchev–Trinajstić information content (AvgIpc) is 3.16. The Balaban J connectivity index is 1.64. The van der Waals surface area contributed by atoms with Crippen molar-refractivity contribution in [2.45, 2.75) is 51.1 Å². The van der Waals surface area contributed by atoms with Crippen LogP contribution in [0.25, 0.3) is 11.1 Å². The summed E-state index contributed by atoms with van der Waals surface area (Å²) in [4.78, 5) is 0. The van der Waals surface area contributed by atoms with E-state index in [-0.39, 0.29) is 23.7 Å². The Kier molecular flexibility index (Phi) is 10.4. The number of benzene rings is 4. The van der Waals surface area contributed by atoms with Crippen LogP contribution in [0.15, 0.2) is 36.4 Å². The predicted octanol–water partition coefficient (Wildman–Crippen LogP) is 6.93. The zero-order valence-electron chi connectivity index (χ0n) is 31.2. The van der Waals surface area contributed by atoms with Gasteiger partial charge in [0.05, 0.1) is 69.1 Å². The molecule has 2 heterocycles. The SMILES string of the molecule is COc1cc([C@H]2O[C@@H](C)Cc3c(-c4cc(O)c(O)c5c4C[C@H](C)O[C@H]5c4cc(OC)c(OC)c(OC)c4)c(OC)cc(OC)c32)cc(OC)c1OC. The minimum Gasteiger partial charge on any atom is -0.504 e. The van der Waals surface area contributed by atoms with E-state index in [4.69, 9.17) is 47.4 Å². The summed E-state index contributed by atoms with van der Waals surface area (Å²) in [6, 6.07) is 10.7. The highest BCUT2D eigenvalue weighted by molar-refractivity contribution is 5.84. The molecule has 0 radical (unpaired) electrons. The van der Waals surface area contributed by atoms with Crippen molar-refractivity contribution >= 4 is 0 Å². The Morgan fingerprint density at radius 3 is 1.35 bits per heavy atom. The smallest absolute Gasteiger partial charge is 0.203 e. The van der Waals surface area contributed by atoms with Gasteiger partial charge in [-0.15, -0.1) is 0 Å². The molecule has 0 bridgehead atoms. The fraction of sp³-hybridized carbons (Fsp3) is 0.400. The first-order chi connectivity index (χ1) is 25.1. The molecule has 6 rings (SSSR count). The lowest BCUT2D eigenvalue weighted by atomic mass is 9.79.